The molecule has 2 aromatic carbocycles. The average Bonchev–Trinajstić information content (AvgIpc) is 3.08. The highest BCUT2D eigenvalue weighted by Gasteiger charge is 2.27. The van der Waals surface area contributed by atoms with Gasteiger partial charge in [-0.25, -0.2) is 4.79 Å². The van der Waals surface area contributed by atoms with Crippen molar-refractivity contribution in [3.63, 3.8) is 0 Å². The van der Waals surface area contributed by atoms with Gasteiger partial charge in [0.15, 0.2) is 6.10 Å². The molecule has 0 aliphatic rings. The van der Waals surface area contributed by atoms with Crippen LogP contribution in [-0.4, -0.2) is 35.4 Å². The number of aryl methyl sites for hydroxylation is 1. The van der Waals surface area contributed by atoms with E-state index in [1.807, 2.05) is 18.2 Å². The van der Waals surface area contributed by atoms with E-state index in [0.717, 1.165) is 0 Å². The fourth-order valence-electron chi connectivity index (χ4n) is 3.43. The smallest absolute Gasteiger partial charge is 0.340 e. The summed E-state index contributed by atoms with van der Waals surface area (Å²) in [5.41, 5.74) is 2.66. The molecule has 2 N–H and O–H groups in total. The van der Waals surface area contributed by atoms with Gasteiger partial charge in [0, 0.05) is 11.4 Å². The summed E-state index contributed by atoms with van der Waals surface area (Å²) in [4.78, 5) is 41.0. The number of anilines is 1. The first-order valence-corrected chi connectivity index (χ1v) is 10.4. The third-order valence-electron chi connectivity index (χ3n) is 5.00. The maximum Gasteiger partial charge on any atom is 0.340 e. The number of hydrogen-bond acceptors (Lipinski definition) is 5. The van der Waals surface area contributed by atoms with Crippen LogP contribution in [0.1, 0.15) is 56.3 Å². The van der Waals surface area contributed by atoms with Crippen LogP contribution in [0.15, 0.2) is 54.6 Å². The zero-order chi connectivity index (χ0) is 23.3. The van der Waals surface area contributed by atoms with Gasteiger partial charge in [-0.2, -0.15) is 0 Å². The second-order valence-electron chi connectivity index (χ2n) is 7.29. The molecule has 0 unspecified atom stereocenters. The van der Waals surface area contributed by atoms with Crippen LogP contribution >= 0.6 is 0 Å². The standard InChI is InChI=1S/C25H26N2O5/c1-5-31-25(30)21-15(2)22(26-16(21)3)23(28)17(4)32-20-14-10-9-13-19(20)24(29)27-18-11-7-6-8-12-18/h6-14,17,26H,5H2,1-4H3,(H,27,29)/t17-/m0/s1. The Kier molecular flexibility index (Phi) is 7.10. The number of amides is 1. The zero-order valence-corrected chi connectivity index (χ0v) is 18.5. The molecule has 32 heavy (non-hydrogen) atoms. The summed E-state index contributed by atoms with van der Waals surface area (Å²) in [5, 5.41) is 2.82. The van der Waals surface area contributed by atoms with Crippen LogP contribution in [0, 0.1) is 13.8 Å². The van der Waals surface area contributed by atoms with Crippen LogP contribution in [0.2, 0.25) is 0 Å². The van der Waals surface area contributed by atoms with Crippen molar-refractivity contribution in [2.24, 2.45) is 0 Å². The summed E-state index contributed by atoms with van der Waals surface area (Å²) in [5.74, 6) is -0.870. The van der Waals surface area contributed by atoms with Crippen molar-refractivity contribution in [3.8, 4) is 5.75 Å². The first-order chi connectivity index (χ1) is 15.3. The van der Waals surface area contributed by atoms with E-state index in [2.05, 4.69) is 10.3 Å². The number of Topliss-reactive ketones (excluding diaryl/α,β-unsaturated/α-hetero) is 1. The normalized spacial score (nSPS) is 11.5. The molecule has 0 aliphatic heterocycles. The van der Waals surface area contributed by atoms with E-state index in [1.54, 1.807) is 64.1 Å². The Balaban J connectivity index is 1.80. The van der Waals surface area contributed by atoms with Gasteiger partial charge in [0.1, 0.15) is 5.75 Å². The lowest BCUT2D eigenvalue weighted by Gasteiger charge is -2.16. The molecule has 0 aliphatic carbocycles. The molecule has 1 atom stereocenters. The average molecular weight is 434 g/mol. The maximum atomic E-state index is 13.1. The molecule has 0 saturated heterocycles. The van der Waals surface area contributed by atoms with Gasteiger partial charge in [0.25, 0.3) is 5.91 Å². The maximum absolute atomic E-state index is 13.1. The van der Waals surface area contributed by atoms with E-state index in [9.17, 15) is 14.4 Å². The summed E-state index contributed by atoms with van der Waals surface area (Å²) >= 11 is 0. The third-order valence-corrected chi connectivity index (χ3v) is 5.00. The molecule has 0 spiro atoms. The molecule has 1 aromatic heterocycles. The summed E-state index contributed by atoms with van der Waals surface area (Å²) in [7, 11) is 0. The van der Waals surface area contributed by atoms with Crippen molar-refractivity contribution < 1.29 is 23.9 Å². The number of hydrogen-bond donors (Lipinski definition) is 2. The Morgan fingerprint density at radius 2 is 1.66 bits per heavy atom. The number of esters is 1. The van der Waals surface area contributed by atoms with Gasteiger partial charge in [-0.3, -0.25) is 9.59 Å². The molecule has 166 valence electrons. The van der Waals surface area contributed by atoms with Crippen LogP contribution < -0.4 is 10.1 Å². The number of carbonyl (C=O) groups excluding carboxylic acids is 3. The van der Waals surface area contributed by atoms with E-state index in [-0.39, 0.29) is 29.7 Å². The molecule has 0 saturated carbocycles. The molecule has 0 fully saturated rings. The lowest BCUT2D eigenvalue weighted by Crippen LogP contribution is -2.26. The van der Waals surface area contributed by atoms with Crippen LogP contribution in [0.25, 0.3) is 0 Å². The lowest BCUT2D eigenvalue weighted by molar-refractivity contribution is 0.0524. The molecule has 1 heterocycles. The minimum atomic E-state index is -0.896. The van der Waals surface area contributed by atoms with Gasteiger partial charge < -0.3 is 19.8 Å². The first-order valence-electron chi connectivity index (χ1n) is 10.4. The Morgan fingerprint density at radius 1 is 1.00 bits per heavy atom. The molecule has 0 radical (unpaired) electrons. The second-order valence-corrected chi connectivity index (χ2v) is 7.29. The highest BCUT2D eigenvalue weighted by molar-refractivity contribution is 6.07. The van der Waals surface area contributed by atoms with E-state index in [0.29, 0.717) is 28.1 Å². The monoisotopic (exact) mass is 434 g/mol. The highest BCUT2D eigenvalue weighted by Crippen LogP contribution is 2.24. The number of carbonyl (C=O) groups is 3. The predicted octanol–water partition coefficient (Wildman–Crippen LogP) is 4.71. The van der Waals surface area contributed by atoms with Gasteiger partial charge in [-0.15, -0.1) is 0 Å². The van der Waals surface area contributed by atoms with Crippen molar-refractivity contribution in [2.45, 2.75) is 33.8 Å². The topological polar surface area (TPSA) is 97.5 Å². The first kappa shape index (κ1) is 22.8. The minimum Gasteiger partial charge on any atom is -0.482 e. The summed E-state index contributed by atoms with van der Waals surface area (Å²) < 4.78 is 11.0. The number of rotatable bonds is 8. The van der Waals surface area contributed by atoms with Crippen LogP contribution in [0.4, 0.5) is 5.69 Å². The Morgan fingerprint density at radius 3 is 2.34 bits per heavy atom. The number of ketones is 1. The Bertz CT molecular complexity index is 1130. The van der Waals surface area contributed by atoms with Crippen molar-refractivity contribution >= 4 is 23.3 Å². The second kappa shape index (κ2) is 9.96. The molecular formula is C25H26N2O5. The van der Waals surface area contributed by atoms with Crippen molar-refractivity contribution in [1.82, 2.24) is 4.98 Å². The minimum absolute atomic E-state index is 0.244. The molecule has 3 rings (SSSR count). The quantitative estimate of drug-likeness (QED) is 0.395. The van der Waals surface area contributed by atoms with E-state index >= 15 is 0 Å². The third kappa shape index (κ3) is 4.88. The van der Waals surface area contributed by atoms with Crippen LogP contribution in [-0.2, 0) is 4.74 Å². The molecule has 7 nitrogen and oxygen atoms in total. The number of H-pyrrole nitrogens is 1. The zero-order valence-electron chi connectivity index (χ0n) is 18.5. The largest absolute Gasteiger partial charge is 0.482 e. The fraction of sp³-hybridized carbons (Fsp3) is 0.240. The number of nitrogens with one attached hydrogen (secondary N) is 2. The van der Waals surface area contributed by atoms with Crippen LogP contribution in [0.3, 0.4) is 0 Å². The predicted molar refractivity (Wildman–Crippen MR) is 121 cm³/mol. The van der Waals surface area contributed by atoms with Crippen molar-refractivity contribution in [2.75, 3.05) is 11.9 Å². The van der Waals surface area contributed by atoms with E-state index in [4.69, 9.17) is 9.47 Å². The molecule has 0 bridgehead atoms. The summed E-state index contributed by atoms with van der Waals surface area (Å²) in [6.45, 7) is 6.98. The summed E-state index contributed by atoms with van der Waals surface area (Å²) in [6, 6.07) is 15.8. The molecule has 3 aromatic rings. The van der Waals surface area contributed by atoms with Gasteiger partial charge in [0.05, 0.1) is 23.4 Å². The van der Waals surface area contributed by atoms with Gasteiger partial charge in [-0.1, -0.05) is 30.3 Å². The lowest BCUT2D eigenvalue weighted by atomic mass is 10.1. The molecule has 7 heteroatoms. The summed E-state index contributed by atoms with van der Waals surface area (Å²) in [6.07, 6.45) is -0.896. The van der Waals surface area contributed by atoms with Crippen molar-refractivity contribution in [1.29, 1.82) is 0 Å². The fourth-order valence-corrected chi connectivity index (χ4v) is 3.43. The number of ether oxygens (including phenoxy) is 2. The van der Waals surface area contributed by atoms with Gasteiger partial charge >= 0.3 is 5.97 Å². The van der Waals surface area contributed by atoms with Crippen molar-refractivity contribution in [3.05, 3.63) is 82.7 Å². The SMILES string of the molecule is CCOC(=O)c1c(C)[nH]c(C(=O)[C@H](C)Oc2ccccc2C(=O)Nc2ccccc2)c1C. The Labute approximate surface area is 186 Å². The van der Waals surface area contributed by atoms with Gasteiger partial charge in [-0.05, 0) is 57.5 Å². The Hall–Kier alpha value is -3.87. The highest BCUT2D eigenvalue weighted by atomic mass is 16.5. The number of benzene rings is 2. The van der Waals surface area contributed by atoms with Gasteiger partial charge in [0.2, 0.25) is 5.78 Å². The molecule has 1 amide bonds. The molecular weight excluding hydrogens is 408 g/mol. The van der Waals surface area contributed by atoms with E-state index < -0.39 is 12.1 Å². The number of para-hydroxylation sites is 2. The number of aromatic amines is 1. The van der Waals surface area contributed by atoms with E-state index in [1.165, 1.54) is 0 Å². The number of aromatic nitrogens is 1. The van der Waals surface area contributed by atoms with Crippen LogP contribution in [0.5, 0.6) is 5.75 Å².